The van der Waals surface area contributed by atoms with Gasteiger partial charge in [-0.15, -0.1) is 0 Å². The maximum atomic E-state index is 13.7. The topological polar surface area (TPSA) is 84.9 Å². The number of halogens is 3. The third-order valence-corrected chi connectivity index (χ3v) is 5.87. The Kier molecular flexibility index (Phi) is 7.18. The van der Waals surface area contributed by atoms with Crippen molar-refractivity contribution in [3.8, 4) is 11.5 Å². The van der Waals surface area contributed by atoms with Crippen LogP contribution in [0.5, 0.6) is 11.5 Å². The van der Waals surface area contributed by atoms with E-state index < -0.39 is 23.7 Å². The predicted molar refractivity (Wildman–Crippen MR) is 132 cm³/mol. The first kappa shape index (κ1) is 24.4. The highest BCUT2D eigenvalue weighted by molar-refractivity contribution is 9.10. The lowest BCUT2D eigenvalue weighted by Gasteiger charge is -2.26. The number of carbonyl (C=O) groups is 3. The molecule has 1 aliphatic heterocycles. The quantitative estimate of drug-likeness (QED) is 0.319. The monoisotopic (exact) mass is 558 g/mol. The molecular weight excluding hydrogens is 543 g/mol. The van der Waals surface area contributed by atoms with Gasteiger partial charge in [-0.2, -0.15) is 0 Å². The average Bonchev–Trinajstić information content (AvgIpc) is 2.82. The van der Waals surface area contributed by atoms with Crippen LogP contribution in [0.1, 0.15) is 11.1 Å². The molecule has 1 N–H and O–H groups in total. The third-order valence-electron chi connectivity index (χ3n) is 5.03. The van der Waals surface area contributed by atoms with Crippen molar-refractivity contribution < 1.29 is 28.2 Å². The molecule has 0 atom stereocenters. The number of carbonyl (C=O) groups excluding carboxylic acids is 3. The average molecular weight is 560 g/mol. The van der Waals surface area contributed by atoms with E-state index >= 15 is 0 Å². The van der Waals surface area contributed by atoms with Crippen LogP contribution in [-0.4, -0.2) is 25.0 Å². The van der Waals surface area contributed by atoms with Gasteiger partial charge in [0.2, 0.25) is 0 Å². The third kappa shape index (κ3) is 5.36. The molecule has 0 radical (unpaired) electrons. The number of barbiturate groups is 1. The van der Waals surface area contributed by atoms with Gasteiger partial charge in [0.1, 0.15) is 18.0 Å². The van der Waals surface area contributed by atoms with Crippen molar-refractivity contribution >= 4 is 57.1 Å². The van der Waals surface area contributed by atoms with Crippen LogP contribution in [0.25, 0.3) is 6.08 Å². The molecule has 0 aliphatic carbocycles. The van der Waals surface area contributed by atoms with E-state index in [1.807, 2.05) is 12.1 Å². The molecule has 3 aromatic rings. The fourth-order valence-corrected chi connectivity index (χ4v) is 4.07. The highest BCUT2D eigenvalue weighted by Gasteiger charge is 2.37. The van der Waals surface area contributed by atoms with Crippen molar-refractivity contribution in [2.45, 2.75) is 6.61 Å². The number of imide groups is 2. The van der Waals surface area contributed by atoms with Crippen LogP contribution in [0, 0.1) is 5.82 Å². The predicted octanol–water partition coefficient (Wildman–Crippen LogP) is 5.50. The van der Waals surface area contributed by atoms with Crippen LogP contribution in [0.4, 0.5) is 14.9 Å². The van der Waals surface area contributed by atoms with Gasteiger partial charge in [-0.05, 0) is 75.6 Å². The van der Waals surface area contributed by atoms with E-state index in [1.165, 1.54) is 31.4 Å². The van der Waals surface area contributed by atoms with Gasteiger partial charge in [0.15, 0.2) is 11.5 Å². The first-order valence-electron chi connectivity index (χ1n) is 10.2. The smallest absolute Gasteiger partial charge is 0.335 e. The standard InChI is InChI=1S/C25H17BrClFN2O5/c1-34-21-11-15(10-20(26)22(21)35-13-14-5-7-16(27)8-6-14)9-19-23(31)29-25(33)30(24(19)32)18-4-2-3-17(28)12-18/h2-12H,13H2,1H3,(H,29,31,33)/b19-9+. The van der Waals surface area contributed by atoms with Gasteiger partial charge in [0.05, 0.1) is 17.3 Å². The van der Waals surface area contributed by atoms with Crippen LogP contribution < -0.4 is 19.7 Å². The molecule has 4 rings (SSSR count). The van der Waals surface area contributed by atoms with E-state index in [1.54, 1.807) is 24.3 Å². The molecule has 7 nitrogen and oxygen atoms in total. The lowest BCUT2D eigenvalue weighted by Crippen LogP contribution is -2.54. The first-order valence-corrected chi connectivity index (χ1v) is 11.4. The number of hydrogen-bond donors (Lipinski definition) is 1. The minimum absolute atomic E-state index is 0.00407. The first-order chi connectivity index (χ1) is 16.8. The molecule has 0 unspecified atom stereocenters. The number of ether oxygens (including phenoxy) is 2. The van der Waals surface area contributed by atoms with Gasteiger partial charge in [-0.1, -0.05) is 29.8 Å². The minimum atomic E-state index is -0.965. The van der Waals surface area contributed by atoms with E-state index in [9.17, 15) is 18.8 Å². The van der Waals surface area contributed by atoms with Crippen molar-refractivity contribution in [1.82, 2.24) is 5.32 Å². The highest BCUT2D eigenvalue weighted by Crippen LogP contribution is 2.38. The fraction of sp³-hybridized carbons (Fsp3) is 0.0800. The number of nitrogens with zero attached hydrogens (tertiary/aromatic N) is 1. The summed E-state index contributed by atoms with van der Waals surface area (Å²) < 4.78 is 25.5. The van der Waals surface area contributed by atoms with Crippen LogP contribution in [0.2, 0.25) is 5.02 Å². The van der Waals surface area contributed by atoms with Crippen molar-refractivity contribution in [3.05, 3.63) is 92.7 Å². The number of amides is 4. The summed E-state index contributed by atoms with van der Waals surface area (Å²) in [7, 11) is 1.46. The van der Waals surface area contributed by atoms with E-state index in [-0.39, 0.29) is 17.9 Å². The molecule has 0 saturated carbocycles. The number of benzene rings is 3. The number of rotatable bonds is 6. The maximum absolute atomic E-state index is 13.7. The number of nitrogens with one attached hydrogen (secondary N) is 1. The van der Waals surface area contributed by atoms with Crippen LogP contribution >= 0.6 is 27.5 Å². The van der Waals surface area contributed by atoms with E-state index in [0.29, 0.717) is 31.5 Å². The maximum Gasteiger partial charge on any atom is 0.335 e. The van der Waals surface area contributed by atoms with Gasteiger partial charge in [0.25, 0.3) is 11.8 Å². The Balaban J connectivity index is 1.64. The van der Waals surface area contributed by atoms with Crippen molar-refractivity contribution in [2.24, 2.45) is 0 Å². The van der Waals surface area contributed by atoms with Gasteiger partial charge >= 0.3 is 6.03 Å². The molecule has 0 aromatic heterocycles. The molecule has 10 heteroatoms. The van der Waals surface area contributed by atoms with Gasteiger partial charge in [-0.25, -0.2) is 14.1 Å². The minimum Gasteiger partial charge on any atom is -0.493 e. The molecule has 35 heavy (non-hydrogen) atoms. The van der Waals surface area contributed by atoms with E-state index in [2.05, 4.69) is 21.2 Å². The summed E-state index contributed by atoms with van der Waals surface area (Å²) in [6.07, 6.45) is 1.31. The fourth-order valence-electron chi connectivity index (χ4n) is 3.37. The summed E-state index contributed by atoms with van der Waals surface area (Å²) in [6.45, 7) is 0.248. The summed E-state index contributed by atoms with van der Waals surface area (Å²) in [6, 6.07) is 14.4. The SMILES string of the molecule is COc1cc(/C=C2\C(=O)NC(=O)N(c3cccc(F)c3)C2=O)cc(Br)c1OCc1ccc(Cl)cc1. The summed E-state index contributed by atoms with van der Waals surface area (Å²) >= 11 is 9.35. The lowest BCUT2D eigenvalue weighted by molar-refractivity contribution is -0.122. The molecule has 1 saturated heterocycles. The Morgan fingerprint density at radius 1 is 1.09 bits per heavy atom. The summed E-state index contributed by atoms with van der Waals surface area (Å²) in [5.74, 6) is -1.62. The molecule has 178 valence electrons. The second-order valence-corrected chi connectivity index (χ2v) is 8.68. The van der Waals surface area contributed by atoms with Crippen LogP contribution in [0.15, 0.2) is 70.7 Å². The largest absolute Gasteiger partial charge is 0.493 e. The molecule has 3 aromatic carbocycles. The summed E-state index contributed by atoms with van der Waals surface area (Å²) in [5, 5.41) is 2.72. The van der Waals surface area contributed by atoms with E-state index in [0.717, 1.165) is 11.6 Å². The second kappa shape index (κ2) is 10.3. The van der Waals surface area contributed by atoms with Crippen molar-refractivity contribution in [1.29, 1.82) is 0 Å². The zero-order valence-corrected chi connectivity index (χ0v) is 20.5. The van der Waals surface area contributed by atoms with Gasteiger partial charge in [-0.3, -0.25) is 14.9 Å². The Bertz CT molecular complexity index is 1360. The summed E-state index contributed by atoms with van der Waals surface area (Å²) in [4.78, 5) is 38.5. The number of methoxy groups -OCH3 is 1. The summed E-state index contributed by atoms with van der Waals surface area (Å²) in [5.41, 5.74) is 1.01. The lowest BCUT2D eigenvalue weighted by atomic mass is 10.1. The molecule has 4 amide bonds. The zero-order chi connectivity index (χ0) is 25.1. The molecule has 1 fully saturated rings. The molecule has 1 aliphatic rings. The molecular formula is C25H17BrClFN2O5. The Morgan fingerprint density at radius 3 is 2.51 bits per heavy atom. The highest BCUT2D eigenvalue weighted by atomic mass is 79.9. The van der Waals surface area contributed by atoms with Crippen LogP contribution in [-0.2, 0) is 16.2 Å². The number of hydrogen-bond acceptors (Lipinski definition) is 5. The Hall–Kier alpha value is -3.69. The zero-order valence-electron chi connectivity index (χ0n) is 18.2. The van der Waals surface area contributed by atoms with E-state index in [4.69, 9.17) is 21.1 Å². The molecule has 1 heterocycles. The molecule has 0 bridgehead atoms. The van der Waals surface area contributed by atoms with Crippen LogP contribution in [0.3, 0.4) is 0 Å². The van der Waals surface area contributed by atoms with Crippen molar-refractivity contribution in [2.75, 3.05) is 12.0 Å². The Morgan fingerprint density at radius 2 is 1.83 bits per heavy atom. The number of urea groups is 1. The van der Waals surface area contributed by atoms with Gasteiger partial charge < -0.3 is 9.47 Å². The Labute approximate surface area is 213 Å². The molecule has 0 spiro atoms. The normalized spacial score (nSPS) is 14.8. The number of anilines is 1. The van der Waals surface area contributed by atoms with Crippen molar-refractivity contribution in [3.63, 3.8) is 0 Å². The second-order valence-electron chi connectivity index (χ2n) is 7.39. The van der Waals surface area contributed by atoms with Gasteiger partial charge in [0, 0.05) is 5.02 Å².